The Morgan fingerprint density at radius 1 is 1.47 bits per heavy atom. The summed E-state index contributed by atoms with van der Waals surface area (Å²) < 4.78 is 2.19. The average molecular weight is 454 g/mol. The van der Waals surface area contributed by atoms with Crippen LogP contribution in [0.3, 0.4) is 0 Å². The fourth-order valence-corrected chi connectivity index (χ4v) is 4.31. The quantitative estimate of drug-likeness (QED) is 0.682. The molecule has 0 spiro atoms. The lowest BCUT2D eigenvalue weighted by Crippen LogP contribution is -2.38. The maximum absolute atomic E-state index is 12.3. The predicted octanol–water partition coefficient (Wildman–Crippen LogP) is 4.46. The fourth-order valence-electron chi connectivity index (χ4n) is 2.48. The van der Waals surface area contributed by atoms with Gasteiger partial charge in [0.15, 0.2) is 0 Å². The van der Waals surface area contributed by atoms with E-state index >= 15 is 0 Å². The van der Waals surface area contributed by atoms with E-state index in [1.165, 1.54) is 25.7 Å². The summed E-state index contributed by atoms with van der Waals surface area (Å²) in [4.78, 5) is 12.3. The molecule has 1 aromatic rings. The monoisotopic (exact) mass is 453 g/mol. The summed E-state index contributed by atoms with van der Waals surface area (Å²) in [7, 11) is 0. The van der Waals surface area contributed by atoms with Crippen molar-refractivity contribution in [2.75, 3.05) is 12.8 Å². The van der Waals surface area contributed by atoms with Crippen LogP contribution in [-0.4, -0.2) is 23.5 Å². The number of benzene rings is 1. The van der Waals surface area contributed by atoms with Crippen molar-refractivity contribution in [3.05, 3.63) is 31.8 Å². The first-order chi connectivity index (χ1) is 9.06. The summed E-state index contributed by atoms with van der Waals surface area (Å²) in [5.41, 5.74) is 0.723. The second-order valence-corrected chi connectivity index (χ2v) is 8.28. The van der Waals surface area contributed by atoms with Crippen LogP contribution in [0.2, 0.25) is 0 Å². The molecule has 1 saturated carbocycles. The van der Waals surface area contributed by atoms with E-state index in [0.29, 0.717) is 0 Å². The molecular formula is C14H17BrINOS. The van der Waals surface area contributed by atoms with Gasteiger partial charge in [-0.25, -0.2) is 0 Å². The minimum atomic E-state index is 0.0192. The molecule has 0 radical (unpaired) electrons. The highest BCUT2D eigenvalue weighted by atomic mass is 127. The van der Waals surface area contributed by atoms with Crippen LogP contribution in [0.4, 0.5) is 0 Å². The minimum absolute atomic E-state index is 0.0192. The zero-order valence-electron chi connectivity index (χ0n) is 10.8. The smallest absolute Gasteiger partial charge is 0.252 e. The molecule has 1 amide bonds. The van der Waals surface area contributed by atoms with Crippen molar-refractivity contribution in [2.45, 2.75) is 30.4 Å². The molecule has 2 rings (SSSR count). The molecule has 1 aliphatic carbocycles. The lowest BCUT2D eigenvalue weighted by atomic mass is 10.1. The van der Waals surface area contributed by atoms with E-state index in [9.17, 15) is 4.79 Å². The predicted molar refractivity (Wildman–Crippen MR) is 93.9 cm³/mol. The number of amides is 1. The number of hydrogen-bond donors (Lipinski definition) is 1. The van der Waals surface area contributed by atoms with Crippen molar-refractivity contribution < 1.29 is 4.79 Å². The second-order valence-electron chi connectivity index (χ2n) is 4.90. The van der Waals surface area contributed by atoms with Crippen LogP contribution in [-0.2, 0) is 0 Å². The third kappa shape index (κ3) is 3.88. The van der Waals surface area contributed by atoms with Gasteiger partial charge in [-0.05, 0) is 75.8 Å². The SMILES string of the molecule is CSC1(CNC(=O)c2cc(I)ccc2Br)CCCC1. The third-order valence-corrected chi connectivity index (χ3v) is 6.47. The largest absolute Gasteiger partial charge is 0.351 e. The average Bonchev–Trinajstić information content (AvgIpc) is 2.88. The Kier molecular flexibility index (Phi) is 5.60. The molecule has 0 bridgehead atoms. The van der Waals surface area contributed by atoms with Crippen molar-refractivity contribution in [1.29, 1.82) is 0 Å². The molecule has 1 N–H and O–H groups in total. The summed E-state index contributed by atoms with van der Waals surface area (Å²) in [5.74, 6) is 0.0192. The van der Waals surface area contributed by atoms with Crippen LogP contribution in [0.15, 0.2) is 22.7 Å². The number of rotatable bonds is 4. The van der Waals surface area contributed by atoms with Crippen molar-refractivity contribution >= 4 is 56.2 Å². The van der Waals surface area contributed by atoms with Crippen LogP contribution in [0.1, 0.15) is 36.0 Å². The molecule has 0 aliphatic heterocycles. The fraction of sp³-hybridized carbons (Fsp3) is 0.500. The van der Waals surface area contributed by atoms with Crippen LogP contribution in [0.5, 0.6) is 0 Å². The Morgan fingerprint density at radius 2 is 2.16 bits per heavy atom. The zero-order chi connectivity index (χ0) is 13.9. The first-order valence-electron chi connectivity index (χ1n) is 6.35. The van der Waals surface area contributed by atoms with Crippen molar-refractivity contribution in [2.24, 2.45) is 0 Å². The van der Waals surface area contributed by atoms with Crippen LogP contribution < -0.4 is 5.32 Å². The first kappa shape index (κ1) is 15.6. The van der Waals surface area contributed by atoms with E-state index in [1.807, 2.05) is 30.0 Å². The molecule has 0 unspecified atom stereocenters. The number of hydrogen-bond acceptors (Lipinski definition) is 2. The van der Waals surface area contributed by atoms with Crippen molar-refractivity contribution in [3.8, 4) is 0 Å². The Bertz CT molecular complexity index is 475. The summed E-state index contributed by atoms with van der Waals surface area (Å²) in [6.07, 6.45) is 7.13. The van der Waals surface area contributed by atoms with Gasteiger partial charge in [0.1, 0.15) is 0 Å². The highest BCUT2D eigenvalue weighted by Gasteiger charge is 2.33. The van der Waals surface area contributed by atoms with E-state index in [-0.39, 0.29) is 10.7 Å². The Hall–Kier alpha value is 0.250. The molecule has 104 valence electrons. The lowest BCUT2D eigenvalue weighted by molar-refractivity contribution is 0.0949. The molecule has 1 aliphatic rings. The third-order valence-electron chi connectivity index (χ3n) is 3.69. The molecule has 0 atom stereocenters. The van der Waals surface area contributed by atoms with E-state index < -0.39 is 0 Å². The van der Waals surface area contributed by atoms with E-state index in [4.69, 9.17) is 0 Å². The maximum Gasteiger partial charge on any atom is 0.252 e. The highest BCUT2D eigenvalue weighted by Crippen LogP contribution is 2.39. The molecule has 0 heterocycles. The molecule has 5 heteroatoms. The van der Waals surface area contributed by atoms with Gasteiger partial charge in [-0.2, -0.15) is 11.8 Å². The zero-order valence-corrected chi connectivity index (χ0v) is 15.4. The Balaban J connectivity index is 2.03. The Labute approximate surface area is 140 Å². The van der Waals surface area contributed by atoms with Gasteiger partial charge in [0.2, 0.25) is 0 Å². The van der Waals surface area contributed by atoms with Crippen LogP contribution in [0, 0.1) is 3.57 Å². The number of carbonyl (C=O) groups excluding carboxylic acids is 1. The van der Waals surface area contributed by atoms with Gasteiger partial charge in [-0.15, -0.1) is 0 Å². The lowest BCUT2D eigenvalue weighted by Gasteiger charge is -2.27. The summed E-state index contributed by atoms with van der Waals surface area (Å²) in [6.45, 7) is 0.769. The van der Waals surface area contributed by atoms with E-state index in [0.717, 1.165) is 20.2 Å². The molecular weight excluding hydrogens is 437 g/mol. The number of nitrogens with one attached hydrogen (secondary N) is 1. The maximum atomic E-state index is 12.3. The van der Waals surface area contributed by atoms with Crippen LogP contribution >= 0.6 is 50.3 Å². The van der Waals surface area contributed by atoms with Gasteiger partial charge in [0.25, 0.3) is 5.91 Å². The van der Waals surface area contributed by atoms with Crippen molar-refractivity contribution in [1.82, 2.24) is 5.32 Å². The molecule has 0 aromatic heterocycles. The minimum Gasteiger partial charge on any atom is -0.351 e. The normalized spacial score (nSPS) is 17.4. The molecule has 1 fully saturated rings. The molecule has 2 nitrogen and oxygen atoms in total. The molecule has 1 aromatic carbocycles. The summed E-state index contributed by atoms with van der Waals surface area (Å²) in [6, 6.07) is 5.83. The second kappa shape index (κ2) is 6.80. The van der Waals surface area contributed by atoms with Gasteiger partial charge >= 0.3 is 0 Å². The Morgan fingerprint density at radius 3 is 2.79 bits per heavy atom. The van der Waals surface area contributed by atoms with Gasteiger partial charge in [0, 0.05) is 19.3 Å². The molecule has 0 saturated heterocycles. The topological polar surface area (TPSA) is 29.1 Å². The van der Waals surface area contributed by atoms with Gasteiger partial charge < -0.3 is 5.32 Å². The number of thioether (sulfide) groups is 1. The van der Waals surface area contributed by atoms with Crippen LogP contribution in [0.25, 0.3) is 0 Å². The van der Waals surface area contributed by atoms with Gasteiger partial charge in [0.05, 0.1) is 5.56 Å². The molecule has 19 heavy (non-hydrogen) atoms. The number of halogens is 2. The summed E-state index contributed by atoms with van der Waals surface area (Å²) >= 11 is 7.57. The first-order valence-corrected chi connectivity index (χ1v) is 9.44. The summed E-state index contributed by atoms with van der Waals surface area (Å²) in [5, 5.41) is 3.11. The standard InChI is InChI=1S/C14H17BrINOS/c1-19-14(6-2-3-7-14)9-17-13(18)11-8-10(16)4-5-12(11)15/h4-5,8H,2-3,6-7,9H2,1H3,(H,17,18). The van der Waals surface area contributed by atoms with Crippen molar-refractivity contribution in [3.63, 3.8) is 0 Å². The number of carbonyl (C=O) groups is 1. The van der Waals surface area contributed by atoms with E-state index in [2.05, 4.69) is 50.1 Å². The van der Waals surface area contributed by atoms with Gasteiger partial charge in [-0.1, -0.05) is 12.8 Å². The van der Waals surface area contributed by atoms with E-state index in [1.54, 1.807) is 0 Å². The highest BCUT2D eigenvalue weighted by molar-refractivity contribution is 14.1. The van der Waals surface area contributed by atoms with Gasteiger partial charge in [-0.3, -0.25) is 4.79 Å².